The van der Waals surface area contributed by atoms with E-state index in [0.717, 1.165) is 70.6 Å². The lowest BCUT2D eigenvalue weighted by Gasteiger charge is -2.19. The average molecular weight is 1100 g/mol. The molecule has 3 N–H and O–H groups in total. The summed E-state index contributed by atoms with van der Waals surface area (Å²) in [7, 11) is -4.39. The molecular weight excluding hydrogens is 978 g/mol. The fraction of sp³-hybridized carbons (Fsp3) is 0.821. The second-order valence-electron chi connectivity index (χ2n) is 22.0. The first-order chi connectivity index (χ1) is 37.8. The molecule has 0 aromatic rings. The summed E-state index contributed by atoms with van der Waals surface area (Å²) in [6.07, 6.45) is 80.1. The molecule has 0 fully saturated rings. The summed E-state index contributed by atoms with van der Waals surface area (Å²) in [5, 5.41) is 0. The van der Waals surface area contributed by atoms with Crippen LogP contribution in [0.25, 0.3) is 0 Å². The van der Waals surface area contributed by atoms with Crippen molar-refractivity contribution in [2.75, 3.05) is 26.4 Å². The Labute approximate surface area is 476 Å². The third-order valence-corrected chi connectivity index (χ3v) is 15.4. The zero-order valence-corrected chi connectivity index (χ0v) is 51.3. The molecule has 2 atom stereocenters. The first-order valence-electron chi connectivity index (χ1n) is 32.8. The molecule has 0 rings (SSSR count). The molecule has 0 aromatic carbocycles. The minimum Gasteiger partial charge on any atom is -0.462 e. The zero-order chi connectivity index (χ0) is 55.9. The van der Waals surface area contributed by atoms with Crippen molar-refractivity contribution in [3.8, 4) is 0 Å². The summed E-state index contributed by atoms with van der Waals surface area (Å²) in [4.78, 5) is 35.3. The number of phosphoric ester groups is 1. The number of hydrogen-bond donors (Lipinski definition) is 2. The van der Waals surface area contributed by atoms with Gasteiger partial charge in [-0.05, 0) is 57.8 Å². The Hall–Kier alpha value is -2.29. The van der Waals surface area contributed by atoms with Crippen molar-refractivity contribution in [2.24, 2.45) is 5.73 Å². The predicted octanol–water partition coefficient (Wildman–Crippen LogP) is 21.1. The molecule has 0 saturated carbocycles. The molecule has 0 aliphatic heterocycles. The monoisotopic (exact) mass is 1100 g/mol. The van der Waals surface area contributed by atoms with E-state index in [2.05, 4.69) is 74.6 Å². The van der Waals surface area contributed by atoms with Gasteiger partial charge in [-0.2, -0.15) is 0 Å². The maximum Gasteiger partial charge on any atom is 0.472 e. The zero-order valence-electron chi connectivity index (χ0n) is 50.4. The largest absolute Gasteiger partial charge is 0.472 e. The third-order valence-electron chi connectivity index (χ3n) is 14.4. The molecule has 2 unspecified atom stereocenters. The van der Waals surface area contributed by atoms with Crippen LogP contribution in [0.15, 0.2) is 60.8 Å². The van der Waals surface area contributed by atoms with Gasteiger partial charge in [-0.1, -0.05) is 312 Å². The smallest absolute Gasteiger partial charge is 0.462 e. The Morgan fingerprint density at radius 3 is 1.06 bits per heavy atom. The molecule has 0 spiro atoms. The predicted molar refractivity (Wildman–Crippen MR) is 330 cm³/mol. The topological polar surface area (TPSA) is 134 Å². The SMILES string of the molecule is CC/C=C\C/C=C\C/C=C\C/C=C\C/C=C\CCCCCCCCCCCCCCCCCCCC(=O)OC(COC(=O)CCCCCCCCCCCCCCCCCCCCCCCCC)COP(=O)(O)OCCN. The Morgan fingerprint density at radius 2 is 0.714 bits per heavy atom. The van der Waals surface area contributed by atoms with Gasteiger partial charge in [0.15, 0.2) is 6.10 Å². The van der Waals surface area contributed by atoms with Crippen LogP contribution in [0.5, 0.6) is 0 Å². The standard InChI is InChI=1S/C67H124NO8P/c1-3-5-7-9-11-13-15-17-19-21-23-25-27-28-29-30-31-32-33-34-35-36-38-40-42-44-46-48-50-52-54-56-58-60-67(70)76-65(64-75-77(71,72)74-62-61-68)63-73-66(69)59-57-55-53-51-49-47-45-43-41-39-37-26-24-22-20-18-16-14-12-10-8-6-4-2/h5,7,11,13,17,19,23,25,28-29,65H,3-4,6,8-10,12,14-16,18,20-22,24,26-27,30-64,68H2,1-2H3,(H,71,72)/b7-5-,13-11-,19-17-,25-23-,29-28-. The van der Waals surface area contributed by atoms with Crippen molar-refractivity contribution >= 4 is 19.8 Å². The van der Waals surface area contributed by atoms with Gasteiger partial charge in [0.1, 0.15) is 6.61 Å². The number of allylic oxidation sites excluding steroid dienone is 10. The van der Waals surface area contributed by atoms with Crippen molar-refractivity contribution in [2.45, 2.75) is 328 Å². The van der Waals surface area contributed by atoms with Crippen molar-refractivity contribution in [1.29, 1.82) is 0 Å². The van der Waals surface area contributed by atoms with Gasteiger partial charge < -0.3 is 20.1 Å². The van der Waals surface area contributed by atoms with Gasteiger partial charge in [0.25, 0.3) is 0 Å². The summed E-state index contributed by atoms with van der Waals surface area (Å²) in [5.74, 6) is -0.810. The molecule has 0 amide bonds. The van der Waals surface area contributed by atoms with Crippen LogP contribution >= 0.6 is 7.82 Å². The second-order valence-corrected chi connectivity index (χ2v) is 23.4. The van der Waals surface area contributed by atoms with Crippen molar-refractivity contribution in [1.82, 2.24) is 0 Å². The lowest BCUT2D eigenvalue weighted by molar-refractivity contribution is -0.161. The highest BCUT2D eigenvalue weighted by Crippen LogP contribution is 2.43. The van der Waals surface area contributed by atoms with E-state index in [1.807, 2.05) is 0 Å². The first-order valence-corrected chi connectivity index (χ1v) is 34.3. The minimum absolute atomic E-state index is 0.0546. The molecule has 0 radical (unpaired) electrons. The third kappa shape index (κ3) is 62.8. The number of carbonyl (C=O) groups excluding carboxylic acids is 2. The van der Waals surface area contributed by atoms with E-state index in [0.29, 0.717) is 6.42 Å². The molecule has 0 heterocycles. The highest BCUT2D eigenvalue weighted by atomic mass is 31.2. The van der Waals surface area contributed by atoms with E-state index in [-0.39, 0.29) is 38.6 Å². The van der Waals surface area contributed by atoms with Gasteiger partial charge in [-0.3, -0.25) is 18.6 Å². The fourth-order valence-electron chi connectivity index (χ4n) is 9.61. The van der Waals surface area contributed by atoms with Gasteiger partial charge in [0.05, 0.1) is 13.2 Å². The second kappa shape index (κ2) is 62.9. The summed E-state index contributed by atoms with van der Waals surface area (Å²) in [5.41, 5.74) is 5.40. The van der Waals surface area contributed by atoms with Gasteiger partial charge >= 0.3 is 19.8 Å². The van der Waals surface area contributed by atoms with Gasteiger partial charge in [-0.25, -0.2) is 4.57 Å². The van der Waals surface area contributed by atoms with E-state index in [1.165, 1.54) is 218 Å². The van der Waals surface area contributed by atoms with E-state index < -0.39 is 26.5 Å². The Kier molecular flexibility index (Phi) is 61.0. The van der Waals surface area contributed by atoms with Crippen molar-refractivity contribution in [3.05, 3.63) is 60.8 Å². The van der Waals surface area contributed by atoms with Crippen molar-refractivity contribution in [3.63, 3.8) is 0 Å². The summed E-state index contributed by atoms with van der Waals surface area (Å²) < 4.78 is 33.1. The van der Waals surface area contributed by atoms with Crippen LogP contribution in [0.3, 0.4) is 0 Å². The maximum atomic E-state index is 12.7. The van der Waals surface area contributed by atoms with E-state index in [9.17, 15) is 19.0 Å². The van der Waals surface area contributed by atoms with Crippen LogP contribution in [-0.2, 0) is 32.7 Å². The number of esters is 2. The first kappa shape index (κ1) is 74.7. The number of rotatable bonds is 62. The molecule has 0 aliphatic carbocycles. The molecule has 0 saturated heterocycles. The Morgan fingerprint density at radius 1 is 0.403 bits per heavy atom. The van der Waals surface area contributed by atoms with Crippen LogP contribution in [-0.4, -0.2) is 49.3 Å². The summed E-state index contributed by atoms with van der Waals surface area (Å²) in [6, 6.07) is 0. The average Bonchev–Trinajstić information content (AvgIpc) is 3.42. The van der Waals surface area contributed by atoms with Crippen LogP contribution in [0, 0.1) is 0 Å². The lowest BCUT2D eigenvalue weighted by atomic mass is 10.0. The normalized spacial score (nSPS) is 13.4. The number of hydrogen-bond acceptors (Lipinski definition) is 8. The number of unbranched alkanes of at least 4 members (excludes halogenated alkanes) is 39. The number of ether oxygens (including phenoxy) is 2. The summed E-state index contributed by atoms with van der Waals surface area (Å²) >= 11 is 0. The van der Waals surface area contributed by atoms with Crippen molar-refractivity contribution < 1.29 is 37.6 Å². The van der Waals surface area contributed by atoms with Crippen LogP contribution in [0.1, 0.15) is 322 Å². The maximum absolute atomic E-state index is 12.7. The van der Waals surface area contributed by atoms with Crippen LogP contribution in [0.2, 0.25) is 0 Å². The Balaban J connectivity index is 3.86. The minimum atomic E-state index is -4.39. The number of nitrogens with two attached hydrogens (primary N) is 1. The quantitative estimate of drug-likeness (QED) is 0.0264. The number of carbonyl (C=O) groups is 2. The highest BCUT2D eigenvalue weighted by molar-refractivity contribution is 7.47. The Bertz CT molecular complexity index is 1440. The fourth-order valence-corrected chi connectivity index (χ4v) is 10.4. The molecule has 450 valence electrons. The highest BCUT2D eigenvalue weighted by Gasteiger charge is 2.26. The van der Waals surface area contributed by atoms with Gasteiger partial charge in [0.2, 0.25) is 0 Å². The molecule has 0 bridgehead atoms. The number of phosphoric acid groups is 1. The molecule has 9 nitrogen and oxygen atoms in total. The van der Waals surface area contributed by atoms with Gasteiger partial charge in [0, 0.05) is 19.4 Å². The summed E-state index contributed by atoms with van der Waals surface area (Å²) in [6.45, 7) is 3.69. The molecule has 77 heavy (non-hydrogen) atoms. The molecular formula is C67H124NO8P. The van der Waals surface area contributed by atoms with E-state index >= 15 is 0 Å². The van der Waals surface area contributed by atoms with E-state index in [1.54, 1.807) is 0 Å². The molecule has 0 aliphatic rings. The lowest BCUT2D eigenvalue weighted by Crippen LogP contribution is -2.29. The van der Waals surface area contributed by atoms with Crippen LogP contribution < -0.4 is 5.73 Å². The molecule has 0 aromatic heterocycles. The van der Waals surface area contributed by atoms with E-state index in [4.69, 9.17) is 24.3 Å². The van der Waals surface area contributed by atoms with Gasteiger partial charge in [-0.15, -0.1) is 0 Å². The molecule has 10 heteroatoms. The van der Waals surface area contributed by atoms with Crippen LogP contribution in [0.4, 0.5) is 0 Å².